The maximum atomic E-state index is 5.57. The summed E-state index contributed by atoms with van der Waals surface area (Å²) in [6, 6.07) is 19.9. The quantitative estimate of drug-likeness (QED) is 0.699. The van der Waals surface area contributed by atoms with Crippen molar-refractivity contribution in [1.29, 1.82) is 0 Å². The van der Waals surface area contributed by atoms with Gasteiger partial charge in [0.25, 0.3) is 0 Å². The molecule has 1 aromatic heterocycles. The number of rotatable bonds is 4. The van der Waals surface area contributed by atoms with Gasteiger partial charge < -0.3 is 14.6 Å². The van der Waals surface area contributed by atoms with E-state index in [0.717, 1.165) is 31.0 Å². The molecule has 156 valence electrons. The fraction of sp³-hybridized carbons (Fsp3) is 0.423. The molecule has 3 atom stereocenters. The molecule has 1 aliphatic heterocycles. The number of piperidine rings is 1. The van der Waals surface area contributed by atoms with Gasteiger partial charge in [-0.25, -0.2) is 4.98 Å². The van der Waals surface area contributed by atoms with Gasteiger partial charge in [0.1, 0.15) is 11.6 Å². The zero-order valence-electron chi connectivity index (χ0n) is 18.2. The average Bonchev–Trinajstić information content (AvgIpc) is 3.12. The number of nitrogens with one attached hydrogen (secondary N) is 1. The topological polar surface area (TPSA) is 39.1 Å². The highest BCUT2D eigenvalue weighted by Crippen LogP contribution is 2.47. The molecule has 0 bridgehead atoms. The lowest BCUT2D eigenvalue weighted by molar-refractivity contribution is 0.146. The van der Waals surface area contributed by atoms with E-state index in [2.05, 4.69) is 72.4 Å². The van der Waals surface area contributed by atoms with E-state index in [4.69, 9.17) is 9.72 Å². The van der Waals surface area contributed by atoms with Crippen molar-refractivity contribution in [3.8, 4) is 17.1 Å². The lowest BCUT2D eigenvalue weighted by atomic mass is 9.59. The first kappa shape index (κ1) is 19.4. The van der Waals surface area contributed by atoms with E-state index in [0.29, 0.717) is 12.0 Å². The maximum Gasteiger partial charge on any atom is 0.140 e. The van der Waals surface area contributed by atoms with Crippen LogP contribution in [0.3, 0.4) is 0 Å². The first-order valence-corrected chi connectivity index (χ1v) is 11.1. The Balaban J connectivity index is 1.61. The van der Waals surface area contributed by atoms with Crippen LogP contribution in [0.4, 0.5) is 0 Å². The molecule has 0 amide bonds. The van der Waals surface area contributed by atoms with Crippen LogP contribution in [0.1, 0.15) is 36.7 Å². The molecule has 4 nitrogen and oxygen atoms in total. The third-order valence-electron chi connectivity index (χ3n) is 7.45. The van der Waals surface area contributed by atoms with Gasteiger partial charge in [-0.15, -0.1) is 0 Å². The van der Waals surface area contributed by atoms with Crippen molar-refractivity contribution < 1.29 is 4.74 Å². The Labute approximate surface area is 179 Å². The van der Waals surface area contributed by atoms with Gasteiger partial charge >= 0.3 is 0 Å². The van der Waals surface area contributed by atoms with Crippen LogP contribution in [0.15, 0.2) is 54.6 Å². The number of ether oxygens (including phenoxy) is 1. The summed E-state index contributed by atoms with van der Waals surface area (Å²) in [4.78, 5) is 5.17. The second-order valence-electron chi connectivity index (χ2n) is 8.94. The largest absolute Gasteiger partial charge is 0.497 e. The maximum absolute atomic E-state index is 5.57. The number of nitrogens with zero attached hydrogens (tertiary/aromatic N) is 2. The number of fused-ring (bicyclic) bond motifs is 2. The van der Waals surface area contributed by atoms with Crippen LogP contribution < -0.4 is 10.1 Å². The average molecular weight is 402 g/mol. The summed E-state index contributed by atoms with van der Waals surface area (Å²) in [5.41, 5.74) is 5.31. The fourth-order valence-electron chi connectivity index (χ4n) is 5.66. The molecule has 3 unspecified atom stereocenters. The normalized spacial score (nSPS) is 25.4. The van der Waals surface area contributed by atoms with Crippen molar-refractivity contribution in [2.24, 2.45) is 13.0 Å². The Bertz CT molecular complexity index is 1040. The summed E-state index contributed by atoms with van der Waals surface area (Å²) in [5.74, 6) is 2.62. The Hall–Kier alpha value is -2.59. The lowest BCUT2D eigenvalue weighted by Crippen LogP contribution is -2.57. The van der Waals surface area contributed by atoms with Gasteiger partial charge in [0.05, 0.1) is 12.8 Å². The Morgan fingerprint density at radius 2 is 2.00 bits per heavy atom. The van der Waals surface area contributed by atoms with Gasteiger partial charge in [0, 0.05) is 42.7 Å². The number of aromatic nitrogens is 2. The molecule has 2 aliphatic rings. The van der Waals surface area contributed by atoms with E-state index >= 15 is 0 Å². The molecule has 2 heterocycles. The highest BCUT2D eigenvalue weighted by molar-refractivity contribution is 5.57. The van der Waals surface area contributed by atoms with Crippen LogP contribution in [-0.2, 0) is 25.3 Å². The molecule has 0 radical (unpaired) electrons. The monoisotopic (exact) mass is 401 g/mol. The fourth-order valence-corrected chi connectivity index (χ4v) is 5.66. The predicted molar refractivity (Wildman–Crippen MR) is 121 cm³/mol. The van der Waals surface area contributed by atoms with Crippen molar-refractivity contribution >= 4 is 0 Å². The minimum atomic E-state index is 0.0650. The van der Waals surface area contributed by atoms with Crippen molar-refractivity contribution in [3.05, 3.63) is 71.5 Å². The molecule has 0 spiro atoms. The second kappa shape index (κ2) is 7.59. The van der Waals surface area contributed by atoms with Gasteiger partial charge in [0.2, 0.25) is 0 Å². The zero-order valence-corrected chi connectivity index (χ0v) is 18.2. The molecular formula is C26H31N3O. The summed E-state index contributed by atoms with van der Waals surface area (Å²) < 4.78 is 7.91. The number of methoxy groups -OCH3 is 1. The van der Waals surface area contributed by atoms with E-state index < -0.39 is 0 Å². The molecule has 2 aromatic carbocycles. The summed E-state index contributed by atoms with van der Waals surface area (Å²) in [7, 11) is 3.94. The summed E-state index contributed by atoms with van der Waals surface area (Å²) in [6.07, 6.45) is 4.45. The first-order chi connectivity index (χ1) is 14.6. The van der Waals surface area contributed by atoms with Crippen LogP contribution in [0, 0.1) is 5.92 Å². The van der Waals surface area contributed by atoms with Gasteiger partial charge in [-0.2, -0.15) is 0 Å². The highest BCUT2D eigenvalue weighted by atomic mass is 16.5. The molecule has 5 rings (SSSR count). The molecule has 1 fully saturated rings. The zero-order chi connectivity index (χ0) is 20.7. The molecule has 3 aromatic rings. The van der Waals surface area contributed by atoms with Gasteiger partial charge in [-0.3, -0.25) is 0 Å². The molecular weight excluding hydrogens is 370 g/mol. The van der Waals surface area contributed by atoms with Gasteiger partial charge in [-0.1, -0.05) is 49.4 Å². The minimum absolute atomic E-state index is 0.0650. The molecule has 1 N–H and O–H groups in total. The first-order valence-electron chi connectivity index (χ1n) is 11.1. The Morgan fingerprint density at radius 3 is 2.77 bits per heavy atom. The van der Waals surface area contributed by atoms with E-state index in [-0.39, 0.29) is 5.41 Å². The van der Waals surface area contributed by atoms with E-state index in [1.54, 1.807) is 7.11 Å². The Kier molecular flexibility index (Phi) is 4.90. The number of imidazole rings is 1. The van der Waals surface area contributed by atoms with Crippen molar-refractivity contribution in [2.45, 2.75) is 44.1 Å². The van der Waals surface area contributed by atoms with E-state index in [1.807, 2.05) is 6.07 Å². The predicted octanol–water partition coefficient (Wildman–Crippen LogP) is 4.52. The minimum Gasteiger partial charge on any atom is -0.497 e. The van der Waals surface area contributed by atoms with Crippen LogP contribution in [-0.4, -0.2) is 29.2 Å². The summed E-state index contributed by atoms with van der Waals surface area (Å²) >= 11 is 0. The second-order valence-corrected chi connectivity index (χ2v) is 8.94. The van der Waals surface area contributed by atoms with Crippen LogP contribution in [0.25, 0.3) is 11.4 Å². The Morgan fingerprint density at radius 1 is 1.17 bits per heavy atom. The van der Waals surface area contributed by atoms with Gasteiger partial charge in [0.15, 0.2) is 0 Å². The molecule has 30 heavy (non-hydrogen) atoms. The molecule has 0 saturated carbocycles. The van der Waals surface area contributed by atoms with Crippen LogP contribution >= 0.6 is 0 Å². The van der Waals surface area contributed by atoms with Crippen molar-refractivity contribution in [3.63, 3.8) is 0 Å². The third-order valence-corrected chi connectivity index (χ3v) is 7.45. The molecule has 4 heteroatoms. The highest BCUT2D eigenvalue weighted by Gasteiger charge is 2.48. The third kappa shape index (κ3) is 3.05. The van der Waals surface area contributed by atoms with E-state index in [9.17, 15) is 0 Å². The number of hydrogen-bond donors (Lipinski definition) is 1. The standard InChI is InChI=1S/C26H31N3O/c1-4-21-13-20-15-24-23(28-25(29(24)2)18-9-6-5-7-10-18)16-26(20,17-27-21)19-11-8-12-22(14-19)30-3/h5-12,14,20-21,27H,4,13,15-17H2,1-3H3. The van der Waals surface area contributed by atoms with Crippen molar-refractivity contribution in [2.75, 3.05) is 13.7 Å². The number of hydrogen-bond acceptors (Lipinski definition) is 3. The van der Waals surface area contributed by atoms with Crippen molar-refractivity contribution in [1.82, 2.24) is 14.9 Å². The lowest BCUT2D eigenvalue weighted by Gasteiger charge is -2.50. The van der Waals surface area contributed by atoms with Crippen LogP contribution in [0.2, 0.25) is 0 Å². The van der Waals surface area contributed by atoms with E-state index in [1.165, 1.54) is 35.4 Å². The smallest absolute Gasteiger partial charge is 0.140 e. The van der Waals surface area contributed by atoms with Crippen LogP contribution in [0.5, 0.6) is 5.75 Å². The number of benzene rings is 2. The SMILES string of the molecule is CCC1CC2Cc3c(nc(-c4ccccc4)n3C)CC2(c2cccc(OC)c2)CN1. The molecule has 1 saturated heterocycles. The molecule has 1 aliphatic carbocycles. The summed E-state index contributed by atoms with van der Waals surface area (Å²) in [5, 5.41) is 3.85. The van der Waals surface area contributed by atoms with Gasteiger partial charge in [-0.05, 0) is 42.9 Å². The summed E-state index contributed by atoms with van der Waals surface area (Å²) in [6.45, 7) is 3.29.